The number of nitrogens with one attached hydrogen (secondary N) is 2. The number of urea groups is 1. The Morgan fingerprint density at radius 1 is 1.32 bits per heavy atom. The molecule has 0 saturated heterocycles. The molecule has 1 rings (SSSR count). The molecule has 0 atom stereocenters. The predicted octanol–water partition coefficient (Wildman–Crippen LogP) is 1.45. The van der Waals surface area contributed by atoms with Gasteiger partial charge in [0.25, 0.3) is 5.91 Å². The summed E-state index contributed by atoms with van der Waals surface area (Å²) in [4.78, 5) is 33.9. The van der Waals surface area contributed by atoms with Gasteiger partial charge in [-0.25, -0.2) is 9.59 Å². The quantitative estimate of drug-likeness (QED) is 0.819. The summed E-state index contributed by atoms with van der Waals surface area (Å²) in [6.07, 6.45) is 0. The zero-order chi connectivity index (χ0) is 14.3. The number of hydrogen-bond donors (Lipinski definition) is 2. The number of halogens is 1. The second-order valence-electron chi connectivity index (χ2n) is 3.49. The summed E-state index contributed by atoms with van der Waals surface area (Å²) in [5, 5.41) is 4.41. The third kappa shape index (κ3) is 5.52. The third-order valence-corrected chi connectivity index (χ3v) is 2.48. The van der Waals surface area contributed by atoms with E-state index in [1.54, 1.807) is 31.2 Å². The Balaban J connectivity index is 2.42. The highest BCUT2D eigenvalue weighted by atomic mass is 79.9. The Bertz CT molecular complexity index is 490. The van der Waals surface area contributed by atoms with Crippen molar-refractivity contribution in [3.05, 3.63) is 34.3 Å². The molecule has 0 aliphatic carbocycles. The summed E-state index contributed by atoms with van der Waals surface area (Å²) in [6.45, 7) is 1.61. The van der Waals surface area contributed by atoms with Crippen molar-refractivity contribution in [2.45, 2.75) is 6.92 Å². The fourth-order valence-corrected chi connectivity index (χ4v) is 1.60. The van der Waals surface area contributed by atoms with E-state index in [-0.39, 0.29) is 0 Å². The highest BCUT2D eigenvalue weighted by Crippen LogP contribution is 2.12. The molecule has 0 saturated carbocycles. The van der Waals surface area contributed by atoms with Crippen molar-refractivity contribution in [1.29, 1.82) is 0 Å². The number of rotatable bonds is 4. The average molecular weight is 329 g/mol. The van der Waals surface area contributed by atoms with E-state index in [1.807, 2.05) is 5.32 Å². The summed E-state index contributed by atoms with van der Waals surface area (Å²) in [6, 6.07) is 5.96. The van der Waals surface area contributed by atoms with Crippen LogP contribution in [-0.2, 0) is 9.53 Å². The van der Waals surface area contributed by atoms with Crippen LogP contribution in [-0.4, -0.2) is 31.1 Å². The van der Waals surface area contributed by atoms with E-state index >= 15 is 0 Å². The second-order valence-corrected chi connectivity index (χ2v) is 4.41. The van der Waals surface area contributed by atoms with E-state index in [0.717, 1.165) is 4.47 Å². The van der Waals surface area contributed by atoms with Gasteiger partial charge in [0.2, 0.25) is 0 Å². The molecule has 0 aliphatic heterocycles. The summed E-state index contributed by atoms with van der Waals surface area (Å²) < 4.78 is 5.50. The van der Waals surface area contributed by atoms with Crippen molar-refractivity contribution < 1.29 is 19.1 Å². The molecule has 0 aliphatic rings. The van der Waals surface area contributed by atoms with Crippen LogP contribution in [0.1, 0.15) is 17.3 Å². The van der Waals surface area contributed by atoms with Gasteiger partial charge in [-0.15, -0.1) is 0 Å². The van der Waals surface area contributed by atoms with Gasteiger partial charge in [0, 0.05) is 11.0 Å². The van der Waals surface area contributed by atoms with Crippen molar-refractivity contribution in [2.75, 3.05) is 13.2 Å². The number of esters is 1. The van der Waals surface area contributed by atoms with Gasteiger partial charge >= 0.3 is 12.0 Å². The molecule has 1 aromatic carbocycles. The lowest BCUT2D eigenvalue weighted by atomic mass is 10.2. The van der Waals surface area contributed by atoms with Crippen LogP contribution in [0.2, 0.25) is 0 Å². The van der Waals surface area contributed by atoms with E-state index in [0.29, 0.717) is 12.1 Å². The molecular formula is C12H13BrN2O4. The maximum Gasteiger partial charge on any atom is 0.338 e. The Hall–Kier alpha value is -1.89. The van der Waals surface area contributed by atoms with Crippen molar-refractivity contribution in [3.63, 3.8) is 0 Å². The number of carbonyl (C=O) groups is 3. The Kier molecular flexibility index (Phi) is 6.01. The van der Waals surface area contributed by atoms with Crippen molar-refractivity contribution in [2.24, 2.45) is 0 Å². The number of amides is 3. The van der Waals surface area contributed by atoms with E-state index in [9.17, 15) is 14.4 Å². The standard InChI is InChI=1S/C12H13BrN2O4/c1-2-14-12(18)15-10(16)7-19-11(17)8-4-3-5-9(13)6-8/h3-6H,2,7H2,1H3,(H2,14,15,16,18). The topological polar surface area (TPSA) is 84.5 Å². The van der Waals surface area contributed by atoms with Crippen molar-refractivity contribution in [1.82, 2.24) is 10.6 Å². The molecular weight excluding hydrogens is 316 g/mol. The van der Waals surface area contributed by atoms with E-state index < -0.39 is 24.5 Å². The Labute approximate surface area is 118 Å². The van der Waals surface area contributed by atoms with Gasteiger partial charge in [-0.3, -0.25) is 10.1 Å². The number of carbonyl (C=O) groups excluding carboxylic acids is 3. The molecule has 6 nitrogen and oxygen atoms in total. The SMILES string of the molecule is CCNC(=O)NC(=O)COC(=O)c1cccc(Br)c1. The number of benzene rings is 1. The summed E-state index contributed by atoms with van der Waals surface area (Å²) >= 11 is 3.22. The third-order valence-electron chi connectivity index (χ3n) is 1.98. The molecule has 2 N–H and O–H groups in total. The van der Waals surface area contributed by atoms with Crippen LogP contribution >= 0.6 is 15.9 Å². The zero-order valence-corrected chi connectivity index (χ0v) is 11.8. The Morgan fingerprint density at radius 3 is 2.68 bits per heavy atom. The van der Waals surface area contributed by atoms with Crippen LogP contribution in [0.15, 0.2) is 28.7 Å². The van der Waals surface area contributed by atoms with E-state index in [2.05, 4.69) is 21.2 Å². The molecule has 19 heavy (non-hydrogen) atoms. The molecule has 7 heteroatoms. The summed E-state index contributed by atoms with van der Waals surface area (Å²) in [5.41, 5.74) is 0.320. The minimum absolute atomic E-state index is 0.320. The van der Waals surface area contributed by atoms with Crippen LogP contribution in [0.4, 0.5) is 4.79 Å². The van der Waals surface area contributed by atoms with Gasteiger partial charge in [0.05, 0.1) is 5.56 Å². The first kappa shape index (κ1) is 15.2. The average Bonchev–Trinajstić information content (AvgIpc) is 2.36. The van der Waals surface area contributed by atoms with Gasteiger partial charge in [-0.05, 0) is 25.1 Å². The van der Waals surface area contributed by atoms with Gasteiger partial charge in [-0.2, -0.15) is 0 Å². The lowest BCUT2D eigenvalue weighted by molar-refractivity contribution is -0.123. The molecule has 0 unspecified atom stereocenters. The first-order valence-corrected chi connectivity index (χ1v) is 6.32. The van der Waals surface area contributed by atoms with Gasteiger partial charge < -0.3 is 10.1 Å². The predicted molar refractivity (Wildman–Crippen MR) is 71.6 cm³/mol. The molecule has 0 heterocycles. The molecule has 0 spiro atoms. The largest absolute Gasteiger partial charge is 0.452 e. The lowest BCUT2D eigenvalue weighted by Crippen LogP contribution is -2.41. The van der Waals surface area contributed by atoms with Gasteiger partial charge in [0.1, 0.15) is 0 Å². The van der Waals surface area contributed by atoms with Crippen molar-refractivity contribution >= 4 is 33.8 Å². The van der Waals surface area contributed by atoms with Crippen LogP contribution in [0, 0.1) is 0 Å². The highest BCUT2D eigenvalue weighted by molar-refractivity contribution is 9.10. The minimum atomic E-state index is -0.686. The van der Waals surface area contributed by atoms with Crippen LogP contribution in [0.5, 0.6) is 0 Å². The highest BCUT2D eigenvalue weighted by Gasteiger charge is 2.12. The molecule has 0 radical (unpaired) electrons. The molecule has 0 fully saturated rings. The maximum absolute atomic E-state index is 11.6. The van der Waals surface area contributed by atoms with Gasteiger partial charge in [-0.1, -0.05) is 22.0 Å². The zero-order valence-electron chi connectivity index (χ0n) is 10.2. The normalized spacial score (nSPS) is 9.58. The number of ether oxygens (including phenoxy) is 1. The molecule has 1 aromatic rings. The van der Waals surface area contributed by atoms with Crippen LogP contribution < -0.4 is 10.6 Å². The minimum Gasteiger partial charge on any atom is -0.452 e. The fourth-order valence-electron chi connectivity index (χ4n) is 1.20. The molecule has 3 amide bonds. The molecule has 0 bridgehead atoms. The van der Waals surface area contributed by atoms with Crippen LogP contribution in [0.25, 0.3) is 0 Å². The monoisotopic (exact) mass is 328 g/mol. The Morgan fingerprint density at radius 2 is 2.05 bits per heavy atom. The number of hydrogen-bond acceptors (Lipinski definition) is 4. The van der Waals surface area contributed by atoms with Gasteiger partial charge in [0.15, 0.2) is 6.61 Å². The fraction of sp³-hybridized carbons (Fsp3) is 0.250. The summed E-state index contributed by atoms with van der Waals surface area (Å²) in [7, 11) is 0. The second kappa shape index (κ2) is 7.52. The van der Waals surface area contributed by atoms with E-state index in [1.165, 1.54) is 0 Å². The van der Waals surface area contributed by atoms with Crippen molar-refractivity contribution in [3.8, 4) is 0 Å². The molecule has 102 valence electrons. The molecule has 0 aromatic heterocycles. The maximum atomic E-state index is 11.6. The number of imide groups is 1. The van der Waals surface area contributed by atoms with Crippen LogP contribution in [0.3, 0.4) is 0 Å². The first-order chi connectivity index (χ1) is 9.02. The summed E-state index contributed by atoms with van der Waals surface area (Å²) in [5.74, 6) is -1.32. The smallest absolute Gasteiger partial charge is 0.338 e. The lowest BCUT2D eigenvalue weighted by Gasteiger charge is -2.06. The van der Waals surface area contributed by atoms with E-state index in [4.69, 9.17) is 4.74 Å². The first-order valence-electron chi connectivity index (χ1n) is 5.53.